The van der Waals surface area contributed by atoms with E-state index in [1.165, 1.54) is 45.3 Å². The molecular formula is C16H30N2. The van der Waals surface area contributed by atoms with Gasteiger partial charge >= 0.3 is 0 Å². The van der Waals surface area contributed by atoms with Gasteiger partial charge in [0.2, 0.25) is 0 Å². The summed E-state index contributed by atoms with van der Waals surface area (Å²) in [6.45, 7) is 8.59. The van der Waals surface area contributed by atoms with Crippen LogP contribution in [0.5, 0.6) is 0 Å². The summed E-state index contributed by atoms with van der Waals surface area (Å²) in [7, 11) is 0. The zero-order valence-corrected chi connectivity index (χ0v) is 12.2. The minimum Gasteiger partial charge on any atom is -0.311 e. The highest BCUT2D eigenvalue weighted by atomic mass is 15.2. The molecule has 0 amide bonds. The van der Waals surface area contributed by atoms with Gasteiger partial charge in [0.05, 0.1) is 0 Å². The van der Waals surface area contributed by atoms with Gasteiger partial charge in [-0.3, -0.25) is 4.90 Å². The van der Waals surface area contributed by atoms with Gasteiger partial charge in [0.1, 0.15) is 0 Å². The van der Waals surface area contributed by atoms with Crippen LogP contribution >= 0.6 is 0 Å². The predicted octanol–water partition coefficient (Wildman–Crippen LogP) is 2.89. The zero-order valence-electron chi connectivity index (χ0n) is 12.2. The fourth-order valence-corrected chi connectivity index (χ4v) is 4.73. The van der Waals surface area contributed by atoms with E-state index in [1.54, 1.807) is 12.8 Å². The van der Waals surface area contributed by atoms with Crippen LogP contribution in [0.2, 0.25) is 0 Å². The highest BCUT2D eigenvalue weighted by Crippen LogP contribution is 2.48. The van der Waals surface area contributed by atoms with Crippen molar-refractivity contribution in [3.63, 3.8) is 0 Å². The average Bonchev–Trinajstić information content (AvgIpc) is 3.01. The van der Waals surface area contributed by atoms with Crippen LogP contribution in [0.4, 0.5) is 0 Å². The van der Waals surface area contributed by atoms with Crippen molar-refractivity contribution in [2.24, 2.45) is 17.8 Å². The first-order valence-corrected chi connectivity index (χ1v) is 8.27. The summed E-state index contributed by atoms with van der Waals surface area (Å²) in [5.41, 5.74) is 0. The van der Waals surface area contributed by atoms with Gasteiger partial charge < -0.3 is 5.32 Å². The summed E-state index contributed by atoms with van der Waals surface area (Å²) in [5.74, 6) is 3.22. The molecule has 5 unspecified atom stereocenters. The molecule has 0 radical (unpaired) electrons. The van der Waals surface area contributed by atoms with E-state index in [9.17, 15) is 0 Å². The number of nitrogens with zero attached hydrogens (tertiary/aromatic N) is 1. The van der Waals surface area contributed by atoms with Crippen molar-refractivity contribution in [2.45, 2.75) is 64.5 Å². The largest absolute Gasteiger partial charge is 0.311 e. The molecule has 1 aliphatic heterocycles. The Labute approximate surface area is 113 Å². The third kappa shape index (κ3) is 2.46. The average molecular weight is 250 g/mol. The highest BCUT2D eigenvalue weighted by molar-refractivity contribution is 4.94. The lowest BCUT2D eigenvalue weighted by atomic mass is 9.87. The van der Waals surface area contributed by atoms with Crippen LogP contribution in [0.15, 0.2) is 0 Å². The van der Waals surface area contributed by atoms with Crippen LogP contribution in [-0.4, -0.2) is 36.6 Å². The van der Waals surface area contributed by atoms with E-state index in [2.05, 4.69) is 24.1 Å². The molecule has 5 atom stereocenters. The van der Waals surface area contributed by atoms with E-state index < -0.39 is 0 Å². The maximum atomic E-state index is 3.72. The normalized spacial score (nSPS) is 44.7. The maximum Gasteiger partial charge on any atom is 0.0218 e. The van der Waals surface area contributed by atoms with Crippen LogP contribution in [0.1, 0.15) is 52.4 Å². The lowest BCUT2D eigenvalue weighted by Crippen LogP contribution is -2.57. The van der Waals surface area contributed by atoms with E-state index in [0.29, 0.717) is 0 Å². The van der Waals surface area contributed by atoms with Crippen LogP contribution in [-0.2, 0) is 0 Å². The fourth-order valence-electron chi connectivity index (χ4n) is 4.73. The number of hydrogen-bond donors (Lipinski definition) is 1. The minimum absolute atomic E-state index is 0.742. The monoisotopic (exact) mass is 250 g/mol. The number of nitrogens with one attached hydrogen (secondary N) is 1. The van der Waals surface area contributed by atoms with Crippen LogP contribution in [0.25, 0.3) is 0 Å². The topological polar surface area (TPSA) is 15.3 Å². The van der Waals surface area contributed by atoms with Crippen LogP contribution < -0.4 is 5.32 Å². The molecule has 0 aromatic rings. The molecule has 104 valence electrons. The number of fused-ring (bicyclic) bond motifs is 2. The molecule has 2 saturated carbocycles. The first kappa shape index (κ1) is 12.9. The maximum absolute atomic E-state index is 3.72. The van der Waals surface area contributed by atoms with Crippen molar-refractivity contribution in [3.8, 4) is 0 Å². The van der Waals surface area contributed by atoms with E-state index in [-0.39, 0.29) is 0 Å². The Bertz CT molecular complexity index is 278. The zero-order chi connectivity index (χ0) is 12.5. The van der Waals surface area contributed by atoms with Crippen molar-refractivity contribution < 1.29 is 0 Å². The third-order valence-corrected chi connectivity index (χ3v) is 5.93. The quantitative estimate of drug-likeness (QED) is 0.825. The van der Waals surface area contributed by atoms with E-state index in [0.717, 1.165) is 29.8 Å². The van der Waals surface area contributed by atoms with Gasteiger partial charge in [-0.1, -0.05) is 20.3 Å². The predicted molar refractivity (Wildman–Crippen MR) is 76.7 cm³/mol. The van der Waals surface area contributed by atoms with Crippen molar-refractivity contribution in [3.05, 3.63) is 0 Å². The highest BCUT2D eigenvalue weighted by Gasteiger charge is 2.41. The van der Waals surface area contributed by atoms with Gasteiger partial charge in [0.15, 0.2) is 0 Å². The van der Waals surface area contributed by atoms with Gasteiger partial charge in [-0.25, -0.2) is 0 Å². The first-order chi connectivity index (χ1) is 8.80. The summed E-state index contributed by atoms with van der Waals surface area (Å²) in [6, 6.07) is 1.54. The number of hydrogen-bond acceptors (Lipinski definition) is 2. The van der Waals surface area contributed by atoms with E-state index >= 15 is 0 Å². The molecule has 1 heterocycles. The van der Waals surface area contributed by atoms with Gasteiger partial charge in [-0.15, -0.1) is 0 Å². The molecular weight excluding hydrogens is 220 g/mol. The van der Waals surface area contributed by atoms with Crippen molar-refractivity contribution in [1.82, 2.24) is 10.2 Å². The molecule has 2 aliphatic carbocycles. The Balaban J connectivity index is 1.58. The molecule has 0 aromatic carbocycles. The Morgan fingerprint density at radius 3 is 2.61 bits per heavy atom. The second kappa shape index (κ2) is 5.50. The smallest absolute Gasteiger partial charge is 0.0218 e. The lowest BCUT2D eigenvalue weighted by molar-refractivity contribution is 0.0913. The molecule has 1 N–H and O–H groups in total. The summed E-state index contributed by atoms with van der Waals surface area (Å²) in [4.78, 5) is 2.83. The van der Waals surface area contributed by atoms with E-state index in [1.807, 2.05) is 0 Å². The summed E-state index contributed by atoms with van der Waals surface area (Å²) in [6.07, 6.45) is 8.77. The molecule has 2 heteroatoms. The Morgan fingerprint density at radius 2 is 2.00 bits per heavy atom. The molecule has 2 bridgehead atoms. The second-order valence-electron chi connectivity index (χ2n) is 6.96. The third-order valence-electron chi connectivity index (χ3n) is 5.93. The molecule has 2 nitrogen and oxygen atoms in total. The summed E-state index contributed by atoms with van der Waals surface area (Å²) >= 11 is 0. The molecule has 3 rings (SSSR count). The molecule has 0 aromatic heterocycles. The number of rotatable bonds is 4. The van der Waals surface area contributed by atoms with Gasteiger partial charge in [-0.2, -0.15) is 0 Å². The van der Waals surface area contributed by atoms with Crippen molar-refractivity contribution >= 4 is 0 Å². The Kier molecular flexibility index (Phi) is 3.95. The molecule has 18 heavy (non-hydrogen) atoms. The molecule has 0 spiro atoms. The van der Waals surface area contributed by atoms with E-state index in [4.69, 9.17) is 0 Å². The van der Waals surface area contributed by atoms with Gasteiger partial charge in [-0.05, 0) is 49.9 Å². The standard InChI is InChI=1S/C16H30N2/c1-3-15-11-18(16(4-2)9-17-15)10-14-8-12-5-6-13(14)7-12/h12-17H,3-11H2,1-2H3. The summed E-state index contributed by atoms with van der Waals surface area (Å²) < 4.78 is 0. The molecule has 3 fully saturated rings. The van der Waals surface area contributed by atoms with Crippen molar-refractivity contribution in [1.29, 1.82) is 0 Å². The lowest BCUT2D eigenvalue weighted by Gasteiger charge is -2.42. The van der Waals surface area contributed by atoms with Crippen molar-refractivity contribution in [2.75, 3.05) is 19.6 Å². The van der Waals surface area contributed by atoms with Crippen LogP contribution in [0.3, 0.4) is 0 Å². The van der Waals surface area contributed by atoms with Crippen LogP contribution in [0, 0.1) is 17.8 Å². The first-order valence-electron chi connectivity index (χ1n) is 8.27. The number of piperazine rings is 1. The fraction of sp³-hybridized carbons (Fsp3) is 1.00. The van der Waals surface area contributed by atoms with Gasteiger partial charge in [0.25, 0.3) is 0 Å². The Hall–Kier alpha value is -0.0800. The minimum atomic E-state index is 0.742. The summed E-state index contributed by atoms with van der Waals surface area (Å²) in [5, 5.41) is 3.72. The van der Waals surface area contributed by atoms with Gasteiger partial charge in [0, 0.05) is 31.7 Å². The second-order valence-corrected chi connectivity index (χ2v) is 6.96. The molecule has 1 saturated heterocycles. The molecule has 3 aliphatic rings. The Morgan fingerprint density at radius 1 is 1.11 bits per heavy atom. The SMILES string of the molecule is CCC1CN(CC2CC3CCC2C3)C(CC)CN1.